The number of halogens is 3. The van der Waals surface area contributed by atoms with E-state index in [1.54, 1.807) is 84.6 Å². The van der Waals surface area contributed by atoms with Crippen LogP contribution in [0.15, 0.2) is 166 Å². The van der Waals surface area contributed by atoms with Crippen molar-refractivity contribution in [3.05, 3.63) is 201 Å². The van der Waals surface area contributed by atoms with Crippen LogP contribution in [-0.4, -0.2) is 247 Å². The second-order valence-corrected chi connectivity index (χ2v) is 40.9. The molecule has 0 radical (unpaired) electrons. The maximum atomic E-state index is 9.08. The molecule has 4 atom stereocenters. The monoisotopic (exact) mass is 2190 g/mol. The Balaban J connectivity index is 0.000000108. The van der Waals surface area contributed by atoms with E-state index in [0.717, 1.165) is 298 Å². The number of fused-ring (bicyclic) bond motifs is 6. The van der Waals surface area contributed by atoms with Gasteiger partial charge in [0.05, 0.1) is 148 Å². The number of anilines is 6. The quantitative estimate of drug-likeness (QED) is 0.0337. The number of aliphatic hydroxyl groups is 1. The van der Waals surface area contributed by atoms with Crippen LogP contribution >= 0.6 is 47.8 Å². The molecule has 18 aromatic heterocycles. The molecule has 7 fully saturated rings. The molecule has 770 valence electrons. The molecule has 0 bridgehead atoms. The molecule has 45 heteroatoms. The van der Waals surface area contributed by atoms with Crippen LogP contribution in [-0.2, 0) is 25.4 Å². The molecule has 0 aromatic carbocycles. The molecule has 18 aromatic rings. The molecule has 2 aliphatic carbocycles. The van der Waals surface area contributed by atoms with Gasteiger partial charge < -0.3 is 69.2 Å². The van der Waals surface area contributed by atoms with Crippen molar-refractivity contribution in [1.82, 2.24) is 158 Å². The van der Waals surface area contributed by atoms with E-state index in [2.05, 4.69) is 153 Å². The van der Waals surface area contributed by atoms with Crippen molar-refractivity contribution in [2.24, 2.45) is 14.1 Å². The summed E-state index contributed by atoms with van der Waals surface area (Å²) in [5.41, 5.74) is 47.6. The molecule has 0 amide bonds. The number of nitrogens with one attached hydrogen (secondary N) is 6. The lowest BCUT2D eigenvalue weighted by atomic mass is 9.87. The van der Waals surface area contributed by atoms with E-state index in [9.17, 15) is 0 Å². The third-order valence-corrected chi connectivity index (χ3v) is 31.2. The predicted molar refractivity (Wildman–Crippen MR) is 579 cm³/mol. The van der Waals surface area contributed by atoms with Crippen molar-refractivity contribution in [2.75, 3.05) is 138 Å². The summed E-state index contributed by atoms with van der Waals surface area (Å²) >= 11 is 11.3. The zero-order chi connectivity index (χ0) is 102. The number of aryl methyl sites for hydroxylation is 2. The van der Waals surface area contributed by atoms with Gasteiger partial charge in [0.2, 0.25) is 0 Å². The van der Waals surface area contributed by atoms with Crippen LogP contribution < -0.4 is 54.8 Å². The number of piperidine rings is 4. The molecule has 42 nitrogen and oxygen atoms in total. The summed E-state index contributed by atoms with van der Waals surface area (Å²) in [5.74, 6) is 6.90. The summed E-state index contributed by atoms with van der Waals surface area (Å²) in [7, 11) is 3.85. The van der Waals surface area contributed by atoms with E-state index in [0.29, 0.717) is 76.5 Å². The Morgan fingerprint density at radius 1 is 0.432 bits per heavy atom. The van der Waals surface area contributed by atoms with Gasteiger partial charge in [0, 0.05) is 226 Å². The van der Waals surface area contributed by atoms with E-state index in [4.69, 9.17) is 77.6 Å². The minimum absolute atomic E-state index is 0.0555. The first-order chi connectivity index (χ1) is 72.5. The molecule has 4 unspecified atom stereocenters. The van der Waals surface area contributed by atoms with Crippen LogP contribution in [0.2, 0.25) is 0 Å². The molecule has 0 spiro atoms. The summed E-state index contributed by atoms with van der Waals surface area (Å²) < 4.78 is 29.2. The minimum atomic E-state index is 0.0555. The third-order valence-electron chi connectivity index (χ3n) is 28.7. The molecule has 5 aliphatic heterocycles. The molecule has 15 N–H and O–H groups in total. The number of hydrogen-bond acceptors (Lipinski definition) is 33. The first-order valence-corrected chi connectivity index (χ1v) is 53.7. The van der Waals surface area contributed by atoms with Gasteiger partial charge in [-0.2, -0.15) is 78.2 Å². The van der Waals surface area contributed by atoms with Gasteiger partial charge in [-0.25, -0.2) is 29.9 Å². The number of nitrogen functional groups attached to an aromatic ring is 4. The Hall–Kier alpha value is -13.7. The summed E-state index contributed by atoms with van der Waals surface area (Å²) in [6.45, 7) is 16.9. The molecule has 5 saturated heterocycles. The minimum Gasteiger partial charge on any atom is -0.394 e. The van der Waals surface area contributed by atoms with E-state index in [1.165, 1.54) is 76.8 Å². The van der Waals surface area contributed by atoms with E-state index in [1.807, 2.05) is 112 Å². The summed E-state index contributed by atoms with van der Waals surface area (Å²) in [5, 5.41) is 82.3. The fourth-order valence-electron chi connectivity index (χ4n) is 20.8. The molecule has 25 rings (SSSR count). The number of ether oxygens (including phenoxy) is 1. The van der Waals surface area contributed by atoms with Crippen LogP contribution in [0.5, 0.6) is 0 Å². The fraction of sp³-hybridized carbons (Fsp3) is 0.427. The highest BCUT2D eigenvalue weighted by atomic mass is 79.9. The van der Waals surface area contributed by atoms with Gasteiger partial charge in [0.15, 0.2) is 33.9 Å². The molecular weight excluding hydrogens is 2070 g/mol. The molecule has 2 saturated carbocycles. The average molecular weight is 2200 g/mol. The average Bonchev–Trinajstić information content (AvgIpc) is 1.59. The van der Waals surface area contributed by atoms with Gasteiger partial charge in [-0.15, -0.1) is 0 Å². The zero-order valence-corrected chi connectivity index (χ0v) is 88.0. The van der Waals surface area contributed by atoms with E-state index < -0.39 is 0 Å². The number of nitrogens with two attached hydrogens (primary N) is 4. The number of aliphatic hydroxyl groups excluding tert-OH is 1. The van der Waals surface area contributed by atoms with Crippen molar-refractivity contribution < 1.29 is 14.4 Å². The molecule has 148 heavy (non-hydrogen) atoms. The van der Waals surface area contributed by atoms with Crippen molar-refractivity contribution >= 4 is 117 Å². The maximum Gasteiger partial charge on any atom is 0.165 e. The molecule has 7 aliphatic rings. The van der Waals surface area contributed by atoms with Crippen LogP contribution in [0, 0.1) is 11.3 Å². The highest BCUT2D eigenvalue weighted by Crippen LogP contribution is 2.45. The van der Waals surface area contributed by atoms with Crippen molar-refractivity contribution in [3.63, 3.8) is 0 Å². The standard InChI is InChI=1S/C22H30BrN7O.C18H22Br2N6.C17H17N7.C16H21N7O.C16H18N6.C14H16N6O/c1-28-15-17(13-25-28)18-14-26-30-21(18)27-20(16-5-3-2-4-6-16)19(23)22(30)24-7-8-29-9-11-31-12-10-29;1-3-21-18-14(19)15(11-7-5-4-6-8-11)24-17-13(10-23-26(17)18)12-9-22-25(2)16(12)20;18-6-11-4-13(9-21-7-11)14-10-22-24-16(19)5-15(23-17(14)24)12-2-1-3-20-8-12;17-15-6-14(11-2-1-3-18-7-11)21-16-13(9-20-23(15)16)12-8-19-22(10-12)4-5-24;17-15-7-14(12-4-2-6-19-9-12)21-16-13(10-20-22(15)16)11-3-1-5-18-8-11;15-13-4-12(9-2-1-3-16-5-9)19-14-11(7-17-20(13)14)10-6-18-21-8-10/h13-16,24H,2-12H2,1H3;9-11,21H,3-8H2,1-2H3;4-5,7,9-10,12,20H,1-3,8,19H2;6,8-11,18,24H,1-5,7,17H2;1,3,5,7-8,10,12,19H,2,4,6,9,17H2;4,6-9,16H,1-3,5,15H2. The smallest absolute Gasteiger partial charge is 0.165 e. The SMILES string of the molecule is CCNc1c(Br)c(C2CCCCC2)nc2c(-c3cnn(C)c3Br)cnn12.Cn1cc(-c2cnn3c(NCCN4CCOCC4)c(Br)c(C4CCCCC4)nc23)cn1.N#Cc1cncc(-c2cnn3c(N)cc(C4CCCNC4)nc23)c1.Nc1cc(C2CCCNC2)nc2c(-c3cccnc3)cnn12.Nc1cc(C2CCCNC2)nc2c(-c3cnn(CCO)c3)cnn12.Nc1cc(C2CCCNC2)nc2c(-c3cnoc3)cnn12. The number of nitrogens with zero attached hydrogens (tertiary/aromatic N) is 29. The van der Waals surface area contributed by atoms with Gasteiger partial charge in [-0.3, -0.25) is 28.9 Å². The van der Waals surface area contributed by atoms with Crippen LogP contribution in [0.3, 0.4) is 0 Å². The summed E-state index contributed by atoms with van der Waals surface area (Å²) in [4.78, 5) is 40.3. The van der Waals surface area contributed by atoms with Crippen molar-refractivity contribution in [1.29, 1.82) is 5.26 Å². The number of aromatic nitrogens is 27. The number of nitriles is 1. The normalized spacial score (nSPS) is 18.0. The van der Waals surface area contributed by atoms with Gasteiger partial charge in [0.1, 0.15) is 51.8 Å². The van der Waals surface area contributed by atoms with E-state index in [-0.39, 0.29) is 6.61 Å². The lowest BCUT2D eigenvalue weighted by molar-refractivity contribution is 0.0398. The fourth-order valence-corrected chi connectivity index (χ4v) is 22.6. The van der Waals surface area contributed by atoms with Crippen molar-refractivity contribution in [2.45, 2.75) is 165 Å². The largest absolute Gasteiger partial charge is 0.394 e. The lowest BCUT2D eigenvalue weighted by Gasteiger charge is -2.27. The predicted octanol–water partition coefficient (Wildman–Crippen LogP) is 14.4. The first-order valence-electron chi connectivity index (χ1n) is 51.3. The second-order valence-electron chi connectivity index (χ2n) is 38.6. The highest BCUT2D eigenvalue weighted by molar-refractivity contribution is 9.11. The number of pyridine rings is 2. The van der Waals surface area contributed by atoms with E-state index >= 15 is 0 Å². The topological polar surface area (TPSA) is 519 Å². The highest BCUT2D eigenvalue weighted by Gasteiger charge is 2.32. The summed E-state index contributed by atoms with van der Waals surface area (Å²) in [6.07, 6.45) is 52.0. The second kappa shape index (κ2) is 47.2. The Bertz CT molecular complexity index is 7600. The molecular formula is C103H124Br3N39O3. The van der Waals surface area contributed by atoms with Crippen LogP contribution in [0.4, 0.5) is 34.9 Å². The lowest BCUT2D eigenvalue weighted by Crippen LogP contribution is -2.39. The van der Waals surface area contributed by atoms with Gasteiger partial charge in [0.25, 0.3) is 0 Å². The van der Waals surface area contributed by atoms with Gasteiger partial charge in [-0.05, 0) is 170 Å². The van der Waals surface area contributed by atoms with Crippen LogP contribution in [0.25, 0.3) is 101 Å². The van der Waals surface area contributed by atoms with Crippen LogP contribution in [0.1, 0.15) is 198 Å². The number of hydrogen-bond donors (Lipinski definition) is 11. The number of morpholine rings is 1. The Morgan fingerprint density at radius 3 is 1.30 bits per heavy atom. The van der Waals surface area contributed by atoms with Gasteiger partial charge in [-0.1, -0.05) is 49.7 Å². The maximum absolute atomic E-state index is 9.08. The Morgan fingerprint density at radius 2 is 0.865 bits per heavy atom. The van der Waals surface area contributed by atoms with Gasteiger partial charge >= 0.3 is 0 Å². The molecule has 23 heterocycles. The number of rotatable bonds is 20. The third kappa shape index (κ3) is 22.5. The first kappa shape index (κ1) is 102. The Labute approximate surface area is 879 Å². The Kier molecular flexibility index (Phi) is 32.4. The van der Waals surface area contributed by atoms with Crippen molar-refractivity contribution in [3.8, 4) is 72.8 Å². The zero-order valence-electron chi connectivity index (χ0n) is 83.2. The summed E-state index contributed by atoms with van der Waals surface area (Å²) in [6, 6.07) is 15.5.